The number of hydrogen-bond donors (Lipinski definition) is 4. The molecule has 1 aliphatic carbocycles. The van der Waals surface area contributed by atoms with Crippen molar-refractivity contribution in [3.8, 4) is 11.5 Å². The summed E-state index contributed by atoms with van der Waals surface area (Å²) in [5.41, 5.74) is -0.984. The number of phenolic OH excluding ortho intramolecular Hbond substituents is 2. The second-order valence-electron chi connectivity index (χ2n) is 9.30. The molecule has 0 bridgehead atoms. The quantitative estimate of drug-likeness (QED) is 0.283. The lowest BCUT2D eigenvalue weighted by atomic mass is 9.72. The molecule has 0 saturated carbocycles. The molecule has 0 saturated heterocycles. The van der Waals surface area contributed by atoms with Crippen molar-refractivity contribution in [3.05, 3.63) is 94.1 Å². The minimum absolute atomic E-state index is 0.0254. The predicted octanol–water partition coefficient (Wildman–Crippen LogP) is 2.61. The fraction of sp³-hybridized carbons (Fsp3) is 0.0714. The van der Waals surface area contributed by atoms with E-state index >= 15 is 0 Å². The first-order chi connectivity index (χ1) is 19.0. The Balaban J connectivity index is 1.50. The largest absolute Gasteiger partial charge is 0.506 e. The van der Waals surface area contributed by atoms with Gasteiger partial charge in [0.2, 0.25) is 11.8 Å². The predicted molar refractivity (Wildman–Crippen MR) is 135 cm³/mol. The van der Waals surface area contributed by atoms with E-state index in [-0.39, 0.29) is 44.8 Å². The van der Waals surface area contributed by atoms with Crippen LogP contribution in [-0.4, -0.2) is 56.0 Å². The number of carboxylic acids is 2. The average molecular weight is 540 g/mol. The first-order valence-electron chi connectivity index (χ1n) is 11.8. The second kappa shape index (κ2) is 8.36. The van der Waals surface area contributed by atoms with Crippen LogP contribution in [0, 0.1) is 0 Å². The van der Waals surface area contributed by atoms with Gasteiger partial charge in [0.15, 0.2) is 0 Å². The van der Waals surface area contributed by atoms with E-state index in [1.165, 1.54) is 24.3 Å². The zero-order valence-electron chi connectivity index (χ0n) is 20.1. The molecule has 2 aliphatic heterocycles. The second-order valence-corrected chi connectivity index (χ2v) is 9.30. The number of hydrogen-bond acceptors (Lipinski definition) is 8. The van der Waals surface area contributed by atoms with Gasteiger partial charge in [0, 0.05) is 11.1 Å². The zero-order valence-corrected chi connectivity index (χ0v) is 20.1. The maximum atomic E-state index is 13.6. The third-order valence-electron chi connectivity index (χ3n) is 7.17. The van der Waals surface area contributed by atoms with Crippen LogP contribution < -0.4 is 9.80 Å². The van der Waals surface area contributed by atoms with Crippen molar-refractivity contribution in [1.29, 1.82) is 0 Å². The van der Waals surface area contributed by atoms with Crippen molar-refractivity contribution < 1.29 is 49.2 Å². The highest BCUT2D eigenvalue weighted by Gasteiger charge is 2.49. The van der Waals surface area contributed by atoms with Crippen molar-refractivity contribution in [2.45, 2.75) is 11.8 Å². The molecule has 0 radical (unpaired) electrons. The molecule has 12 nitrogen and oxygen atoms in total. The van der Waals surface area contributed by atoms with Gasteiger partial charge in [0.1, 0.15) is 11.5 Å². The average Bonchev–Trinajstić information content (AvgIpc) is 2.92. The standard InChI is InChI=1S/C28H16N2O10/c31-19-7-1-11(27(37)38)9-17(19)29-23(33)13-3-5-15-22-16(6-4-14(21(13)22)24(29)34)26(36)30(25(15)35)18-10-12(28(39)40)2-8-20(18)32/h1-10,13,15,31-32H,(H,37,38)(H,39,40). The Bertz CT molecular complexity index is 1660. The molecule has 3 aromatic rings. The number of imide groups is 2. The van der Waals surface area contributed by atoms with Crippen molar-refractivity contribution in [2.24, 2.45) is 0 Å². The highest BCUT2D eigenvalue weighted by atomic mass is 16.4. The van der Waals surface area contributed by atoms with E-state index in [0.29, 0.717) is 9.80 Å². The Hall–Kier alpha value is -5.78. The van der Waals surface area contributed by atoms with Gasteiger partial charge < -0.3 is 20.4 Å². The topological polar surface area (TPSA) is 190 Å². The van der Waals surface area contributed by atoms with Gasteiger partial charge in [-0.3, -0.25) is 19.2 Å². The molecule has 6 rings (SSSR count). The van der Waals surface area contributed by atoms with Crippen LogP contribution in [0.1, 0.15) is 64.4 Å². The van der Waals surface area contributed by atoms with Crippen LogP contribution in [0.2, 0.25) is 0 Å². The molecule has 12 heteroatoms. The molecule has 2 unspecified atom stereocenters. The molecule has 198 valence electrons. The van der Waals surface area contributed by atoms with Crippen LogP contribution in [0.15, 0.2) is 60.7 Å². The van der Waals surface area contributed by atoms with Gasteiger partial charge in [-0.05, 0) is 59.7 Å². The zero-order chi connectivity index (χ0) is 28.6. The lowest BCUT2D eigenvalue weighted by Crippen LogP contribution is -2.50. The summed E-state index contributed by atoms with van der Waals surface area (Å²) in [6.45, 7) is 0. The molecular formula is C28H16N2O10. The number of phenols is 2. The fourth-order valence-electron chi connectivity index (χ4n) is 5.35. The number of benzene rings is 3. The van der Waals surface area contributed by atoms with Crippen LogP contribution in [-0.2, 0) is 9.59 Å². The maximum Gasteiger partial charge on any atom is 0.335 e. The van der Waals surface area contributed by atoms with Crippen molar-refractivity contribution >= 4 is 46.9 Å². The lowest BCUT2D eigenvalue weighted by Gasteiger charge is -2.40. The highest BCUT2D eigenvalue weighted by molar-refractivity contribution is 6.31. The molecule has 0 aromatic heterocycles. The third-order valence-corrected chi connectivity index (χ3v) is 7.17. The fourth-order valence-corrected chi connectivity index (χ4v) is 5.35. The number of anilines is 2. The molecule has 2 atom stereocenters. The Morgan fingerprint density at radius 1 is 0.600 bits per heavy atom. The summed E-state index contributed by atoms with van der Waals surface area (Å²) in [5, 5.41) is 39.5. The van der Waals surface area contributed by atoms with Crippen molar-refractivity contribution in [1.82, 2.24) is 0 Å². The Morgan fingerprint density at radius 3 is 1.32 bits per heavy atom. The van der Waals surface area contributed by atoms with Gasteiger partial charge in [-0.2, -0.15) is 0 Å². The highest BCUT2D eigenvalue weighted by Crippen LogP contribution is 2.48. The summed E-state index contributed by atoms with van der Waals surface area (Å²) < 4.78 is 0. The SMILES string of the molecule is O=C(O)c1ccc(O)c(N2C(=O)c3ccc4c5c3C(C=CC5C(=O)N(c3cc(C(=O)O)ccc3O)C4=O)C2=O)c1. The molecule has 3 aliphatic rings. The molecule has 4 N–H and O–H groups in total. The van der Waals surface area contributed by atoms with E-state index < -0.39 is 58.9 Å². The Kier molecular flexibility index (Phi) is 5.13. The van der Waals surface area contributed by atoms with E-state index in [0.717, 1.165) is 36.4 Å². The molecule has 4 amide bonds. The van der Waals surface area contributed by atoms with Crippen molar-refractivity contribution in [3.63, 3.8) is 0 Å². The summed E-state index contributed by atoms with van der Waals surface area (Å²) in [7, 11) is 0. The van der Waals surface area contributed by atoms with E-state index in [2.05, 4.69) is 0 Å². The number of carboxylic acid groups (broad SMARTS) is 2. The molecular weight excluding hydrogens is 524 g/mol. The summed E-state index contributed by atoms with van der Waals surface area (Å²) in [6.07, 6.45) is 2.75. The molecule has 2 heterocycles. The summed E-state index contributed by atoms with van der Waals surface area (Å²) in [6, 6.07) is 8.90. The smallest absolute Gasteiger partial charge is 0.335 e. The maximum absolute atomic E-state index is 13.6. The molecule has 3 aromatic carbocycles. The third kappa shape index (κ3) is 3.26. The van der Waals surface area contributed by atoms with Crippen LogP contribution >= 0.6 is 0 Å². The van der Waals surface area contributed by atoms with Gasteiger partial charge >= 0.3 is 11.9 Å². The monoisotopic (exact) mass is 540 g/mol. The lowest BCUT2D eigenvalue weighted by molar-refractivity contribution is -0.120. The van der Waals surface area contributed by atoms with Gasteiger partial charge in [-0.15, -0.1) is 0 Å². The van der Waals surface area contributed by atoms with E-state index in [1.807, 2.05) is 0 Å². The van der Waals surface area contributed by atoms with Crippen LogP contribution in [0.5, 0.6) is 11.5 Å². The number of aromatic carboxylic acids is 2. The van der Waals surface area contributed by atoms with Crippen LogP contribution in [0.3, 0.4) is 0 Å². The molecule has 40 heavy (non-hydrogen) atoms. The number of amides is 4. The normalized spacial score (nSPS) is 19.1. The van der Waals surface area contributed by atoms with Crippen molar-refractivity contribution in [2.75, 3.05) is 9.80 Å². The van der Waals surface area contributed by atoms with Gasteiger partial charge in [0.05, 0.1) is 34.3 Å². The number of aromatic hydroxyl groups is 2. The first kappa shape index (κ1) is 24.6. The minimum atomic E-state index is -1.34. The van der Waals surface area contributed by atoms with E-state index in [9.17, 15) is 49.2 Å². The van der Waals surface area contributed by atoms with E-state index in [1.54, 1.807) is 0 Å². The summed E-state index contributed by atoms with van der Waals surface area (Å²) in [4.78, 5) is 78.6. The Labute approximate surface area is 223 Å². The Morgan fingerprint density at radius 2 is 0.975 bits per heavy atom. The number of carbonyl (C=O) groups excluding carboxylic acids is 4. The van der Waals surface area contributed by atoms with Crippen LogP contribution in [0.4, 0.5) is 11.4 Å². The van der Waals surface area contributed by atoms with Crippen LogP contribution in [0.25, 0.3) is 0 Å². The number of nitrogens with zero attached hydrogens (tertiary/aromatic N) is 2. The number of rotatable bonds is 4. The van der Waals surface area contributed by atoms with Gasteiger partial charge in [-0.1, -0.05) is 12.2 Å². The molecule has 0 spiro atoms. The number of carbonyl (C=O) groups is 6. The summed E-state index contributed by atoms with van der Waals surface area (Å²) in [5.74, 6) is -9.39. The first-order valence-corrected chi connectivity index (χ1v) is 11.8. The summed E-state index contributed by atoms with van der Waals surface area (Å²) >= 11 is 0. The van der Waals surface area contributed by atoms with Gasteiger partial charge in [0.25, 0.3) is 11.8 Å². The van der Waals surface area contributed by atoms with Gasteiger partial charge in [-0.25, -0.2) is 19.4 Å². The van der Waals surface area contributed by atoms with E-state index in [4.69, 9.17) is 0 Å². The minimum Gasteiger partial charge on any atom is -0.506 e. The molecule has 0 fully saturated rings.